The summed E-state index contributed by atoms with van der Waals surface area (Å²) in [7, 11) is 0. The fourth-order valence-electron chi connectivity index (χ4n) is 3.68. The number of amides is 1. The first kappa shape index (κ1) is 19.4. The van der Waals surface area contributed by atoms with Crippen LogP contribution < -0.4 is 10.1 Å². The SMILES string of the molecule is Cc1ccc(OCC2(c3ccccc3)CC2C(=O)Nc2ccc(Cl)cn2)c(C)n1. The van der Waals surface area contributed by atoms with Crippen LogP contribution in [0.15, 0.2) is 60.8 Å². The lowest BCUT2D eigenvalue weighted by Gasteiger charge is -2.20. The van der Waals surface area contributed by atoms with Crippen LogP contribution in [0.5, 0.6) is 5.75 Å². The van der Waals surface area contributed by atoms with Gasteiger partial charge in [0, 0.05) is 17.3 Å². The van der Waals surface area contributed by atoms with E-state index in [9.17, 15) is 4.79 Å². The van der Waals surface area contributed by atoms with E-state index in [1.807, 2.05) is 44.2 Å². The second kappa shape index (κ2) is 7.84. The molecule has 0 spiro atoms. The molecule has 0 radical (unpaired) electrons. The Kier molecular flexibility index (Phi) is 5.24. The zero-order chi connectivity index (χ0) is 20.4. The monoisotopic (exact) mass is 407 g/mol. The molecule has 4 rings (SSSR count). The molecule has 1 aliphatic rings. The Bertz CT molecular complexity index is 1020. The Morgan fingerprint density at radius 1 is 1.17 bits per heavy atom. The maximum Gasteiger partial charge on any atom is 0.229 e. The minimum Gasteiger partial charge on any atom is -0.491 e. The first-order valence-electron chi connectivity index (χ1n) is 9.53. The summed E-state index contributed by atoms with van der Waals surface area (Å²) in [6, 6.07) is 17.3. The summed E-state index contributed by atoms with van der Waals surface area (Å²) >= 11 is 5.87. The lowest BCUT2D eigenvalue weighted by atomic mass is 9.93. The summed E-state index contributed by atoms with van der Waals surface area (Å²) in [5.74, 6) is 0.983. The summed E-state index contributed by atoms with van der Waals surface area (Å²) in [6.45, 7) is 4.30. The van der Waals surface area contributed by atoms with Gasteiger partial charge in [-0.15, -0.1) is 0 Å². The van der Waals surface area contributed by atoms with Gasteiger partial charge in [0.1, 0.15) is 11.6 Å². The molecule has 5 nitrogen and oxygen atoms in total. The molecule has 2 heterocycles. The number of nitrogens with zero attached hydrogens (tertiary/aromatic N) is 2. The quantitative estimate of drug-likeness (QED) is 0.642. The van der Waals surface area contributed by atoms with Gasteiger partial charge < -0.3 is 10.1 Å². The van der Waals surface area contributed by atoms with Crippen molar-refractivity contribution in [1.82, 2.24) is 9.97 Å². The average molecular weight is 408 g/mol. The molecule has 0 bridgehead atoms. The molecule has 148 valence electrons. The fraction of sp³-hybridized carbons (Fsp3) is 0.261. The minimum absolute atomic E-state index is 0.0639. The Balaban J connectivity index is 1.53. The van der Waals surface area contributed by atoms with E-state index in [4.69, 9.17) is 16.3 Å². The van der Waals surface area contributed by atoms with Crippen LogP contribution in [0.4, 0.5) is 5.82 Å². The van der Waals surface area contributed by atoms with Gasteiger partial charge in [-0.25, -0.2) is 4.98 Å². The van der Waals surface area contributed by atoms with E-state index in [2.05, 4.69) is 27.4 Å². The van der Waals surface area contributed by atoms with Crippen molar-refractivity contribution >= 4 is 23.3 Å². The van der Waals surface area contributed by atoms with Crippen molar-refractivity contribution in [2.45, 2.75) is 25.7 Å². The third-order valence-electron chi connectivity index (χ3n) is 5.38. The number of aryl methyl sites for hydroxylation is 2. The lowest BCUT2D eigenvalue weighted by molar-refractivity contribution is -0.117. The number of nitrogens with one attached hydrogen (secondary N) is 1. The van der Waals surface area contributed by atoms with Crippen LogP contribution >= 0.6 is 11.6 Å². The summed E-state index contributed by atoms with van der Waals surface area (Å²) in [5, 5.41) is 3.43. The van der Waals surface area contributed by atoms with E-state index < -0.39 is 0 Å². The van der Waals surface area contributed by atoms with Crippen molar-refractivity contribution in [2.24, 2.45) is 5.92 Å². The molecule has 2 atom stereocenters. The highest BCUT2D eigenvalue weighted by molar-refractivity contribution is 6.30. The van der Waals surface area contributed by atoms with Crippen molar-refractivity contribution in [1.29, 1.82) is 0 Å². The Labute approximate surface area is 175 Å². The number of halogens is 1. The molecular weight excluding hydrogens is 386 g/mol. The van der Waals surface area contributed by atoms with Crippen molar-refractivity contribution in [2.75, 3.05) is 11.9 Å². The normalized spacial score (nSPS) is 20.2. The molecule has 1 saturated carbocycles. The van der Waals surface area contributed by atoms with Crippen LogP contribution in [-0.2, 0) is 10.2 Å². The number of pyridine rings is 2. The van der Waals surface area contributed by atoms with Gasteiger partial charge in [-0.3, -0.25) is 9.78 Å². The van der Waals surface area contributed by atoms with Crippen LogP contribution in [-0.4, -0.2) is 22.5 Å². The third-order valence-corrected chi connectivity index (χ3v) is 5.60. The van der Waals surface area contributed by atoms with Crippen LogP contribution in [0.25, 0.3) is 0 Å². The molecule has 2 aromatic heterocycles. The largest absolute Gasteiger partial charge is 0.491 e. The topological polar surface area (TPSA) is 64.1 Å². The fourth-order valence-corrected chi connectivity index (χ4v) is 3.79. The van der Waals surface area contributed by atoms with E-state index in [0.717, 1.165) is 29.1 Å². The first-order valence-corrected chi connectivity index (χ1v) is 9.91. The number of carbonyl (C=O) groups is 1. The van der Waals surface area contributed by atoms with Crippen LogP contribution in [0.3, 0.4) is 0 Å². The molecule has 1 amide bonds. The van der Waals surface area contributed by atoms with Crippen molar-refractivity contribution in [3.63, 3.8) is 0 Å². The van der Waals surface area contributed by atoms with Gasteiger partial charge >= 0.3 is 0 Å². The van der Waals surface area contributed by atoms with Crippen molar-refractivity contribution in [3.05, 3.63) is 82.8 Å². The zero-order valence-corrected chi connectivity index (χ0v) is 17.1. The predicted molar refractivity (Wildman–Crippen MR) is 113 cm³/mol. The summed E-state index contributed by atoms with van der Waals surface area (Å²) in [6.07, 6.45) is 2.24. The predicted octanol–water partition coefficient (Wildman–Crippen LogP) is 4.72. The molecule has 2 unspecified atom stereocenters. The van der Waals surface area contributed by atoms with Gasteiger partial charge in [-0.2, -0.15) is 0 Å². The van der Waals surface area contributed by atoms with Gasteiger partial charge in [0.25, 0.3) is 0 Å². The van der Waals surface area contributed by atoms with Gasteiger partial charge in [-0.1, -0.05) is 41.9 Å². The lowest BCUT2D eigenvalue weighted by Crippen LogP contribution is -2.26. The van der Waals surface area contributed by atoms with Crippen LogP contribution in [0.1, 0.15) is 23.4 Å². The molecule has 1 aliphatic carbocycles. The van der Waals surface area contributed by atoms with Crippen molar-refractivity contribution < 1.29 is 9.53 Å². The second-order valence-electron chi connectivity index (χ2n) is 7.45. The number of hydrogen-bond donors (Lipinski definition) is 1. The number of benzene rings is 1. The highest BCUT2D eigenvalue weighted by Gasteiger charge is 2.60. The molecule has 0 saturated heterocycles. The van der Waals surface area contributed by atoms with Gasteiger partial charge in [0.15, 0.2) is 0 Å². The Morgan fingerprint density at radius 3 is 2.66 bits per heavy atom. The van der Waals surface area contributed by atoms with E-state index in [0.29, 0.717) is 17.4 Å². The molecule has 29 heavy (non-hydrogen) atoms. The Hall–Kier alpha value is -2.92. The molecule has 1 aromatic carbocycles. The number of carbonyl (C=O) groups excluding carboxylic acids is 1. The number of hydrogen-bond acceptors (Lipinski definition) is 4. The number of ether oxygens (including phenoxy) is 1. The highest BCUT2D eigenvalue weighted by atomic mass is 35.5. The van der Waals surface area contributed by atoms with E-state index in [1.54, 1.807) is 12.1 Å². The first-order chi connectivity index (χ1) is 14.0. The maximum absolute atomic E-state index is 12.9. The highest BCUT2D eigenvalue weighted by Crippen LogP contribution is 2.55. The molecule has 0 aliphatic heterocycles. The maximum atomic E-state index is 12.9. The van der Waals surface area contributed by atoms with Crippen LogP contribution in [0, 0.1) is 19.8 Å². The van der Waals surface area contributed by atoms with E-state index >= 15 is 0 Å². The summed E-state index contributed by atoms with van der Waals surface area (Å²) < 4.78 is 6.14. The van der Waals surface area contributed by atoms with Gasteiger partial charge in [-0.05, 0) is 50.1 Å². The molecular formula is C23H22ClN3O2. The molecule has 1 fully saturated rings. The standard InChI is InChI=1S/C23H22ClN3O2/c1-15-8-10-20(16(2)26-15)29-14-23(17-6-4-3-5-7-17)12-19(23)22(28)27-21-11-9-18(24)13-25-21/h3-11,13,19H,12,14H2,1-2H3,(H,25,27,28). The third kappa shape index (κ3) is 4.10. The van der Waals surface area contributed by atoms with E-state index in [-0.39, 0.29) is 17.2 Å². The second-order valence-corrected chi connectivity index (χ2v) is 7.89. The molecule has 6 heteroatoms. The smallest absolute Gasteiger partial charge is 0.229 e. The van der Waals surface area contributed by atoms with Gasteiger partial charge in [0.2, 0.25) is 5.91 Å². The van der Waals surface area contributed by atoms with Crippen LogP contribution in [0.2, 0.25) is 5.02 Å². The van der Waals surface area contributed by atoms with Gasteiger partial charge in [0.05, 0.1) is 23.2 Å². The number of anilines is 1. The van der Waals surface area contributed by atoms with E-state index in [1.165, 1.54) is 6.20 Å². The summed E-state index contributed by atoms with van der Waals surface area (Å²) in [5.41, 5.74) is 2.53. The molecule has 3 aromatic rings. The number of aromatic nitrogens is 2. The van der Waals surface area contributed by atoms with Crippen molar-refractivity contribution in [3.8, 4) is 5.75 Å². The minimum atomic E-state index is -0.366. The molecule has 1 N–H and O–H groups in total. The number of rotatable bonds is 6. The summed E-state index contributed by atoms with van der Waals surface area (Å²) in [4.78, 5) is 21.5. The Morgan fingerprint density at radius 2 is 1.97 bits per heavy atom. The zero-order valence-electron chi connectivity index (χ0n) is 16.4. The average Bonchev–Trinajstić information content (AvgIpc) is 3.46.